The Labute approximate surface area is 101 Å². The minimum absolute atomic E-state index is 0.187. The van der Waals surface area contributed by atoms with Gasteiger partial charge in [0.2, 0.25) is 5.91 Å². The second-order valence-electron chi connectivity index (χ2n) is 4.25. The maximum Gasteiger partial charge on any atom is 0.250 e. The average Bonchev–Trinajstić information content (AvgIpc) is 2.29. The number of hydrogen-bond acceptors (Lipinski definition) is 4. The van der Waals surface area contributed by atoms with E-state index in [1.54, 1.807) is 19.2 Å². The minimum atomic E-state index is -0.471. The number of nitrogens with one attached hydrogen (secondary N) is 1. The van der Waals surface area contributed by atoms with Crippen molar-refractivity contribution >= 4 is 11.7 Å². The molecule has 1 atom stereocenters. The number of amides is 1. The van der Waals surface area contributed by atoms with Crippen molar-refractivity contribution in [2.24, 2.45) is 11.7 Å². The van der Waals surface area contributed by atoms with Gasteiger partial charge in [-0.1, -0.05) is 13.8 Å². The van der Waals surface area contributed by atoms with Gasteiger partial charge in [0, 0.05) is 13.3 Å². The number of aromatic nitrogens is 1. The molecule has 1 heterocycles. The molecule has 0 saturated heterocycles. The van der Waals surface area contributed by atoms with Gasteiger partial charge in [-0.25, -0.2) is 4.98 Å². The van der Waals surface area contributed by atoms with Gasteiger partial charge in [0.25, 0.3) is 0 Å². The predicted octanol–water partition coefficient (Wildman–Crippen LogP) is 1.26. The van der Waals surface area contributed by atoms with Crippen LogP contribution < -0.4 is 11.1 Å². The molecule has 5 nitrogen and oxygen atoms in total. The van der Waals surface area contributed by atoms with Gasteiger partial charge < -0.3 is 15.8 Å². The van der Waals surface area contributed by atoms with E-state index in [2.05, 4.69) is 24.1 Å². The summed E-state index contributed by atoms with van der Waals surface area (Å²) in [7, 11) is 1.67. The maximum absolute atomic E-state index is 10.9. The summed E-state index contributed by atoms with van der Waals surface area (Å²) >= 11 is 0. The summed E-state index contributed by atoms with van der Waals surface area (Å²) in [6.45, 7) is 4.82. The Bertz CT molecular complexity index is 363. The number of carbonyl (C=O) groups is 1. The second kappa shape index (κ2) is 6.20. The molecule has 1 rings (SSSR count). The van der Waals surface area contributed by atoms with E-state index in [1.807, 2.05) is 0 Å². The maximum atomic E-state index is 10.9. The van der Waals surface area contributed by atoms with Gasteiger partial charge in [-0.2, -0.15) is 0 Å². The van der Waals surface area contributed by atoms with E-state index in [-0.39, 0.29) is 6.04 Å². The highest BCUT2D eigenvalue weighted by Crippen LogP contribution is 2.11. The first-order valence-corrected chi connectivity index (χ1v) is 5.56. The van der Waals surface area contributed by atoms with Gasteiger partial charge in [-0.3, -0.25) is 4.79 Å². The van der Waals surface area contributed by atoms with E-state index >= 15 is 0 Å². The van der Waals surface area contributed by atoms with E-state index < -0.39 is 5.91 Å². The fourth-order valence-electron chi connectivity index (χ4n) is 1.40. The van der Waals surface area contributed by atoms with E-state index in [9.17, 15) is 4.79 Å². The quantitative estimate of drug-likeness (QED) is 0.781. The summed E-state index contributed by atoms with van der Waals surface area (Å²) in [6.07, 6.45) is 1.47. The van der Waals surface area contributed by atoms with Crippen molar-refractivity contribution < 1.29 is 9.53 Å². The summed E-state index contributed by atoms with van der Waals surface area (Å²) in [5.41, 5.74) is 5.55. The zero-order chi connectivity index (χ0) is 12.8. The van der Waals surface area contributed by atoms with Crippen LogP contribution in [0.1, 0.15) is 24.2 Å². The monoisotopic (exact) mass is 237 g/mol. The number of rotatable bonds is 6. The molecule has 0 fully saturated rings. The van der Waals surface area contributed by atoms with Crippen molar-refractivity contribution in [1.82, 2.24) is 4.98 Å². The molecule has 0 aliphatic heterocycles. The van der Waals surface area contributed by atoms with Crippen LogP contribution in [0.2, 0.25) is 0 Å². The fraction of sp³-hybridized carbons (Fsp3) is 0.500. The van der Waals surface area contributed by atoms with Crippen LogP contribution in [0.4, 0.5) is 5.82 Å². The van der Waals surface area contributed by atoms with Crippen molar-refractivity contribution in [3.63, 3.8) is 0 Å². The van der Waals surface area contributed by atoms with Gasteiger partial charge in [-0.05, 0) is 18.1 Å². The molecule has 1 unspecified atom stereocenters. The first kappa shape index (κ1) is 13.4. The smallest absolute Gasteiger partial charge is 0.250 e. The molecule has 0 aliphatic carbocycles. The molecule has 1 aromatic rings. The zero-order valence-corrected chi connectivity index (χ0v) is 10.4. The molecule has 3 N–H and O–H groups in total. The van der Waals surface area contributed by atoms with Gasteiger partial charge in [0.1, 0.15) is 5.82 Å². The van der Waals surface area contributed by atoms with Crippen molar-refractivity contribution in [3.05, 3.63) is 23.9 Å². The standard InChI is InChI=1S/C12H19N3O2/c1-8(2)10(7-17-3)15-11-5-4-9(6-14-11)12(13)16/h4-6,8,10H,7H2,1-3H3,(H2,13,16)(H,14,15). The fourth-order valence-corrected chi connectivity index (χ4v) is 1.40. The second-order valence-corrected chi connectivity index (χ2v) is 4.25. The summed E-state index contributed by atoms with van der Waals surface area (Å²) < 4.78 is 5.14. The predicted molar refractivity (Wildman–Crippen MR) is 66.9 cm³/mol. The van der Waals surface area contributed by atoms with E-state index in [0.29, 0.717) is 23.9 Å². The number of nitrogens with two attached hydrogens (primary N) is 1. The number of methoxy groups -OCH3 is 1. The third-order valence-corrected chi connectivity index (χ3v) is 2.53. The molecular formula is C12H19N3O2. The lowest BCUT2D eigenvalue weighted by Crippen LogP contribution is -2.30. The van der Waals surface area contributed by atoms with Crippen LogP contribution in [0.25, 0.3) is 0 Å². The van der Waals surface area contributed by atoms with E-state index in [0.717, 1.165) is 0 Å². The Kier molecular flexibility index (Phi) is 4.90. The van der Waals surface area contributed by atoms with Gasteiger partial charge in [0.05, 0.1) is 18.2 Å². The molecule has 0 spiro atoms. The molecule has 1 amide bonds. The Balaban J connectivity index is 2.69. The first-order valence-electron chi connectivity index (χ1n) is 5.56. The summed E-state index contributed by atoms with van der Waals surface area (Å²) in [5.74, 6) is 0.666. The molecule has 0 bridgehead atoms. The zero-order valence-electron chi connectivity index (χ0n) is 10.4. The van der Waals surface area contributed by atoms with Crippen LogP contribution in [-0.2, 0) is 4.74 Å². The Morgan fingerprint density at radius 1 is 1.53 bits per heavy atom. The lowest BCUT2D eigenvalue weighted by molar-refractivity contribution is 0.1000. The van der Waals surface area contributed by atoms with Crippen LogP contribution in [0.3, 0.4) is 0 Å². The van der Waals surface area contributed by atoms with Gasteiger partial charge in [-0.15, -0.1) is 0 Å². The van der Waals surface area contributed by atoms with Crippen LogP contribution in [0.15, 0.2) is 18.3 Å². The van der Waals surface area contributed by atoms with Crippen LogP contribution in [0.5, 0.6) is 0 Å². The number of carbonyl (C=O) groups excluding carboxylic acids is 1. The minimum Gasteiger partial charge on any atom is -0.383 e. The van der Waals surface area contributed by atoms with Gasteiger partial charge in [0.15, 0.2) is 0 Å². The molecule has 94 valence electrons. The number of pyridine rings is 1. The molecule has 5 heteroatoms. The largest absolute Gasteiger partial charge is 0.383 e. The first-order chi connectivity index (χ1) is 8.04. The molecule has 0 aromatic carbocycles. The summed E-state index contributed by atoms with van der Waals surface area (Å²) in [6, 6.07) is 3.58. The third-order valence-electron chi connectivity index (χ3n) is 2.53. The Morgan fingerprint density at radius 2 is 2.24 bits per heavy atom. The van der Waals surface area contributed by atoms with Crippen molar-refractivity contribution in [2.75, 3.05) is 19.0 Å². The van der Waals surface area contributed by atoms with Crippen LogP contribution in [0, 0.1) is 5.92 Å². The molecular weight excluding hydrogens is 218 g/mol. The number of anilines is 1. The Hall–Kier alpha value is -1.62. The van der Waals surface area contributed by atoms with Gasteiger partial charge >= 0.3 is 0 Å². The van der Waals surface area contributed by atoms with Crippen molar-refractivity contribution in [3.8, 4) is 0 Å². The Morgan fingerprint density at radius 3 is 2.65 bits per heavy atom. The normalized spacial score (nSPS) is 12.5. The van der Waals surface area contributed by atoms with Crippen molar-refractivity contribution in [1.29, 1.82) is 0 Å². The molecule has 0 aliphatic rings. The topological polar surface area (TPSA) is 77.2 Å². The number of primary amides is 1. The molecule has 0 saturated carbocycles. The van der Waals surface area contributed by atoms with Crippen molar-refractivity contribution in [2.45, 2.75) is 19.9 Å². The molecule has 0 radical (unpaired) electrons. The SMILES string of the molecule is COCC(Nc1ccc(C(N)=O)cn1)C(C)C. The summed E-state index contributed by atoms with van der Waals surface area (Å²) in [5, 5.41) is 3.26. The lowest BCUT2D eigenvalue weighted by Gasteiger charge is -2.22. The molecule has 1 aromatic heterocycles. The summed E-state index contributed by atoms with van der Waals surface area (Å²) in [4.78, 5) is 15.0. The highest BCUT2D eigenvalue weighted by Gasteiger charge is 2.13. The average molecular weight is 237 g/mol. The highest BCUT2D eigenvalue weighted by atomic mass is 16.5. The van der Waals surface area contributed by atoms with E-state index in [1.165, 1.54) is 6.20 Å². The number of nitrogens with zero attached hydrogens (tertiary/aromatic N) is 1. The highest BCUT2D eigenvalue weighted by molar-refractivity contribution is 5.92. The van der Waals surface area contributed by atoms with Crippen LogP contribution >= 0.6 is 0 Å². The lowest BCUT2D eigenvalue weighted by atomic mass is 10.1. The van der Waals surface area contributed by atoms with E-state index in [4.69, 9.17) is 10.5 Å². The number of hydrogen-bond donors (Lipinski definition) is 2. The third kappa shape index (κ3) is 4.03. The van der Waals surface area contributed by atoms with Crippen LogP contribution in [-0.4, -0.2) is 30.6 Å². The molecule has 17 heavy (non-hydrogen) atoms. The number of ether oxygens (including phenoxy) is 1.